The Kier molecular flexibility index (Phi) is 5.51. The summed E-state index contributed by atoms with van der Waals surface area (Å²) < 4.78 is 14.6. The molecule has 24 heavy (non-hydrogen) atoms. The number of rotatable bonds is 7. The van der Waals surface area contributed by atoms with E-state index in [0.717, 1.165) is 6.42 Å². The third kappa shape index (κ3) is 4.07. The molecular weight excluding hydrogens is 340 g/mol. The van der Waals surface area contributed by atoms with Crippen LogP contribution in [0.25, 0.3) is 0 Å². The quantitative estimate of drug-likeness (QED) is 0.575. The van der Waals surface area contributed by atoms with Crippen molar-refractivity contribution in [2.24, 2.45) is 0 Å². The van der Waals surface area contributed by atoms with Gasteiger partial charge in [-0.25, -0.2) is 14.6 Å². The van der Waals surface area contributed by atoms with Crippen molar-refractivity contribution in [3.8, 4) is 0 Å². The van der Waals surface area contributed by atoms with Crippen LogP contribution in [0.2, 0.25) is 0 Å². The van der Waals surface area contributed by atoms with Crippen molar-refractivity contribution in [3.63, 3.8) is 0 Å². The van der Waals surface area contributed by atoms with Crippen LogP contribution >= 0.6 is 11.6 Å². The van der Waals surface area contributed by atoms with Crippen molar-refractivity contribution in [2.75, 3.05) is 0 Å². The molecule has 0 radical (unpaired) electrons. The fraction of sp³-hybridized carbons (Fsp3) is 0.533. The van der Waals surface area contributed by atoms with E-state index in [9.17, 15) is 14.7 Å². The van der Waals surface area contributed by atoms with Gasteiger partial charge in [-0.2, -0.15) is 0 Å². The van der Waals surface area contributed by atoms with Crippen LogP contribution in [0.5, 0.6) is 0 Å². The number of nitrogens with one attached hydrogen (secondary N) is 1. The van der Waals surface area contributed by atoms with Gasteiger partial charge in [0.2, 0.25) is 0 Å². The largest absolute Gasteiger partial charge is 0.519 e. The number of imidazole rings is 1. The molecule has 0 atom stereocenters. The summed E-state index contributed by atoms with van der Waals surface area (Å²) in [6, 6.07) is 0. The van der Waals surface area contributed by atoms with Gasteiger partial charge in [0.25, 0.3) is 0 Å². The Balaban J connectivity index is 2.21. The molecule has 9 heteroatoms. The molecule has 2 heterocycles. The van der Waals surface area contributed by atoms with Gasteiger partial charge in [-0.05, 0) is 20.3 Å². The molecule has 0 unspecified atom stereocenters. The van der Waals surface area contributed by atoms with Gasteiger partial charge in [0.05, 0.1) is 11.6 Å². The summed E-state index contributed by atoms with van der Waals surface area (Å²) in [7, 11) is 0. The van der Waals surface area contributed by atoms with Crippen LogP contribution < -0.4 is 5.82 Å². The predicted octanol–water partition coefficient (Wildman–Crippen LogP) is 2.23. The van der Waals surface area contributed by atoms with E-state index in [-0.39, 0.29) is 35.4 Å². The van der Waals surface area contributed by atoms with Gasteiger partial charge in [0.15, 0.2) is 23.8 Å². The lowest BCUT2D eigenvalue weighted by atomic mass is 10.0. The molecule has 0 bridgehead atoms. The third-order valence-electron chi connectivity index (χ3n) is 3.22. The highest BCUT2D eigenvalue weighted by molar-refractivity contribution is 6.16. The predicted molar refractivity (Wildman–Crippen MR) is 83.7 cm³/mol. The lowest BCUT2D eigenvalue weighted by Crippen LogP contribution is -2.21. The second-order valence-corrected chi connectivity index (χ2v) is 5.99. The molecule has 0 fully saturated rings. The van der Waals surface area contributed by atoms with Crippen LogP contribution in [0.4, 0.5) is 0 Å². The van der Waals surface area contributed by atoms with Crippen LogP contribution in [0, 0.1) is 0 Å². The van der Waals surface area contributed by atoms with E-state index in [1.54, 1.807) is 0 Å². The van der Waals surface area contributed by atoms with E-state index in [1.807, 2.05) is 6.92 Å². The standard InChI is InChI=1S/C15H19ClN2O6/c1-4-5-10-17-11(12(18-10)15(2,3)21)13(19)22-7-9-8(6-16)23-14(20)24-9/h21H,4-7H2,1-3H3,(H,17,18). The summed E-state index contributed by atoms with van der Waals surface area (Å²) in [4.78, 5) is 30.5. The highest BCUT2D eigenvalue weighted by Crippen LogP contribution is 2.23. The van der Waals surface area contributed by atoms with E-state index in [0.29, 0.717) is 12.2 Å². The van der Waals surface area contributed by atoms with Crippen LogP contribution in [0.3, 0.4) is 0 Å². The van der Waals surface area contributed by atoms with Crippen molar-refractivity contribution < 1.29 is 23.5 Å². The number of carbonyl (C=O) groups excluding carboxylic acids is 1. The highest BCUT2D eigenvalue weighted by atomic mass is 35.5. The first kappa shape index (κ1) is 18.3. The summed E-state index contributed by atoms with van der Waals surface area (Å²) in [6.07, 6.45) is 1.45. The molecule has 2 aromatic heterocycles. The number of alkyl halides is 1. The molecule has 2 aromatic rings. The van der Waals surface area contributed by atoms with E-state index in [4.69, 9.17) is 25.2 Å². The number of nitrogens with zero attached hydrogens (tertiary/aromatic N) is 1. The van der Waals surface area contributed by atoms with Crippen molar-refractivity contribution in [1.29, 1.82) is 0 Å². The first-order chi connectivity index (χ1) is 11.3. The maximum atomic E-state index is 12.3. The Morgan fingerprint density at radius 1 is 1.38 bits per heavy atom. The van der Waals surface area contributed by atoms with E-state index < -0.39 is 17.4 Å². The molecule has 132 valence electrons. The van der Waals surface area contributed by atoms with Crippen molar-refractivity contribution in [1.82, 2.24) is 9.97 Å². The summed E-state index contributed by atoms with van der Waals surface area (Å²) >= 11 is 5.62. The van der Waals surface area contributed by atoms with Crippen molar-refractivity contribution >= 4 is 17.6 Å². The van der Waals surface area contributed by atoms with Crippen LogP contribution in [0.1, 0.15) is 60.7 Å². The van der Waals surface area contributed by atoms with Gasteiger partial charge in [-0.3, -0.25) is 0 Å². The van der Waals surface area contributed by atoms with E-state index in [2.05, 4.69) is 9.97 Å². The fourth-order valence-electron chi connectivity index (χ4n) is 2.11. The zero-order valence-electron chi connectivity index (χ0n) is 13.6. The Labute approximate surface area is 142 Å². The Morgan fingerprint density at radius 2 is 2.04 bits per heavy atom. The molecule has 0 saturated heterocycles. The van der Waals surface area contributed by atoms with E-state index in [1.165, 1.54) is 13.8 Å². The zero-order chi connectivity index (χ0) is 17.9. The van der Waals surface area contributed by atoms with Gasteiger partial charge >= 0.3 is 11.8 Å². The number of esters is 1. The van der Waals surface area contributed by atoms with Gasteiger partial charge in [0.1, 0.15) is 11.4 Å². The molecule has 0 aliphatic heterocycles. The molecule has 8 nitrogen and oxygen atoms in total. The van der Waals surface area contributed by atoms with Gasteiger partial charge < -0.3 is 23.7 Å². The minimum Gasteiger partial charge on any atom is -0.453 e. The molecule has 0 aliphatic rings. The Bertz CT molecular complexity index is 768. The Morgan fingerprint density at radius 3 is 2.62 bits per heavy atom. The topological polar surface area (TPSA) is 119 Å². The number of halogens is 1. The summed E-state index contributed by atoms with van der Waals surface area (Å²) in [5, 5.41) is 10.2. The monoisotopic (exact) mass is 358 g/mol. The number of aromatic nitrogens is 2. The van der Waals surface area contributed by atoms with Gasteiger partial charge in [0, 0.05) is 6.42 Å². The van der Waals surface area contributed by atoms with Crippen molar-refractivity contribution in [3.05, 3.63) is 39.3 Å². The summed E-state index contributed by atoms with van der Waals surface area (Å²) in [5.41, 5.74) is -1.04. The number of H-pyrrole nitrogens is 1. The minimum absolute atomic E-state index is 0.00999. The van der Waals surface area contributed by atoms with Crippen LogP contribution in [0.15, 0.2) is 13.6 Å². The Hall–Kier alpha value is -2.06. The smallest absolute Gasteiger partial charge is 0.453 e. The normalized spacial score (nSPS) is 11.7. The molecule has 0 saturated carbocycles. The average molecular weight is 359 g/mol. The van der Waals surface area contributed by atoms with Crippen molar-refractivity contribution in [2.45, 2.75) is 51.7 Å². The highest BCUT2D eigenvalue weighted by Gasteiger charge is 2.29. The zero-order valence-corrected chi connectivity index (χ0v) is 14.4. The molecule has 0 aromatic carbocycles. The van der Waals surface area contributed by atoms with Gasteiger partial charge in [-0.15, -0.1) is 11.6 Å². The van der Waals surface area contributed by atoms with Crippen LogP contribution in [-0.2, 0) is 29.2 Å². The maximum Gasteiger partial charge on any atom is 0.519 e. The number of aryl methyl sites for hydroxylation is 1. The molecule has 2 N–H and O–H groups in total. The first-order valence-electron chi connectivity index (χ1n) is 7.42. The maximum absolute atomic E-state index is 12.3. The van der Waals surface area contributed by atoms with Gasteiger partial charge in [-0.1, -0.05) is 6.92 Å². The molecule has 2 rings (SSSR count). The second kappa shape index (κ2) is 7.23. The SMILES string of the molecule is CCCc1nc(C(=O)OCc2oc(=O)oc2CCl)c(C(C)(C)O)[nH]1. The lowest BCUT2D eigenvalue weighted by Gasteiger charge is -2.16. The molecule has 0 aliphatic carbocycles. The fourth-order valence-corrected chi connectivity index (χ4v) is 2.32. The lowest BCUT2D eigenvalue weighted by molar-refractivity contribution is 0.0402. The number of aromatic amines is 1. The average Bonchev–Trinajstić information content (AvgIpc) is 3.08. The number of hydrogen-bond acceptors (Lipinski definition) is 7. The minimum atomic E-state index is -1.29. The molecule has 0 amide bonds. The molecule has 0 spiro atoms. The number of carbonyl (C=O) groups is 1. The molecular formula is C15H19ClN2O6. The number of ether oxygens (including phenoxy) is 1. The van der Waals surface area contributed by atoms with E-state index >= 15 is 0 Å². The number of hydrogen-bond donors (Lipinski definition) is 2. The third-order valence-corrected chi connectivity index (χ3v) is 3.47. The summed E-state index contributed by atoms with van der Waals surface area (Å²) in [5.74, 6) is -1.04. The number of aliphatic hydroxyl groups is 1. The first-order valence-corrected chi connectivity index (χ1v) is 7.96. The van der Waals surface area contributed by atoms with Crippen LogP contribution in [-0.4, -0.2) is 21.0 Å². The summed E-state index contributed by atoms with van der Waals surface area (Å²) in [6.45, 7) is 4.72. The second-order valence-electron chi connectivity index (χ2n) is 5.73.